The van der Waals surface area contributed by atoms with Crippen molar-refractivity contribution in [3.63, 3.8) is 0 Å². The summed E-state index contributed by atoms with van der Waals surface area (Å²) in [5.74, 6) is 0. The van der Waals surface area contributed by atoms with Crippen molar-refractivity contribution in [2.75, 3.05) is 0 Å². The Morgan fingerprint density at radius 2 is 2.27 bits per heavy atom. The van der Waals surface area contributed by atoms with E-state index in [1.54, 1.807) is 0 Å². The van der Waals surface area contributed by atoms with Gasteiger partial charge >= 0.3 is 0 Å². The van der Waals surface area contributed by atoms with Crippen molar-refractivity contribution in [1.29, 1.82) is 0 Å². The topological polar surface area (TPSA) is 66.5 Å². The van der Waals surface area contributed by atoms with Gasteiger partial charge in [0.1, 0.15) is 13.3 Å². The summed E-state index contributed by atoms with van der Waals surface area (Å²) in [6.45, 7) is 0. The highest BCUT2D eigenvalue weighted by molar-refractivity contribution is 5.74. The second-order valence-electron chi connectivity index (χ2n) is 1.98. The molecule has 1 rings (SSSR count). The lowest BCUT2D eigenvalue weighted by Crippen LogP contribution is -2.32. The van der Waals surface area contributed by atoms with Crippen LogP contribution in [0.4, 0.5) is 0 Å². The molecule has 0 spiro atoms. The average molecular weight is 154 g/mol. The number of hydrogen-bond donors (Lipinski definition) is 1. The third-order valence-corrected chi connectivity index (χ3v) is 1.29. The summed E-state index contributed by atoms with van der Waals surface area (Å²) in [7, 11) is 1.89. The minimum Gasteiger partial charge on any atom is -0.870 e. The van der Waals surface area contributed by atoms with Crippen molar-refractivity contribution in [2.45, 2.75) is 0 Å². The molecular weight excluding hydrogens is 144 g/mol. The zero-order valence-corrected chi connectivity index (χ0v) is 6.18. The van der Waals surface area contributed by atoms with E-state index in [4.69, 9.17) is 5.21 Å². The number of hydrogen-bond acceptors (Lipinski definition) is 3. The molecule has 0 aliphatic rings. The first kappa shape index (κ1) is 9.58. The van der Waals surface area contributed by atoms with Crippen molar-refractivity contribution >= 4 is 6.21 Å². The summed E-state index contributed by atoms with van der Waals surface area (Å²) in [6.07, 6.45) is 3.27. The molecule has 2 N–H and O–H groups in total. The fourth-order valence-electron chi connectivity index (χ4n) is 0.730. The fraction of sp³-hybridized carbons (Fsp3) is 0.143. The van der Waals surface area contributed by atoms with Gasteiger partial charge < -0.3 is 10.7 Å². The largest absolute Gasteiger partial charge is 0.870 e. The van der Waals surface area contributed by atoms with Crippen LogP contribution in [0.25, 0.3) is 0 Å². The minimum atomic E-state index is 0. The van der Waals surface area contributed by atoms with Crippen molar-refractivity contribution in [2.24, 2.45) is 12.2 Å². The summed E-state index contributed by atoms with van der Waals surface area (Å²) in [4.78, 5) is 0. The standard InChI is InChI=1S/C7H8N2O.H2O/c1-9-5-3-2-4-7(9)6-8-10;/h2-6H,1H3;1H2. The molecule has 0 saturated carbocycles. The van der Waals surface area contributed by atoms with Gasteiger partial charge in [-0.2, -0.15) is 0 Å². The van der Waals surface area contributed by atoms with E-state index < -0.39 is 0 Å². The van der Waals surface area contributed by atoms with Crippen LogP contribution in [-0.4, -0.2) is 16.9 Å². The van der Waals surface area contributed by atoms with E-state index >= 15 is 0 Å². The maximum absolute atomic E-state index is 8.20. The highest BCUT2D eigenvalue weighted by Gasteiger charge is 1.98. The first-order valence-electron chi connectivity index (χ1n) is 2.96. The van der Waals surface area contributed by atoms with Crippen LogP contribution >= 0.6 is 0 Å². The molecule has 0 radical (unpaired) electrons. The van der Waals surface area contributed by atoms with E-state index in [0.717, 1.165) is 5.69 Å². The molecule has 1 aromatic rings. The van der Waals surface area contributed by atoms with Crippen LogP contribution in [0.1, 0.15) is 5.69 Å². The monoisotopic (exact) mass is 154 g/mol. The SMILES string of the molecule is C[n+]1ccccc1C=NO.[OH-]. The Bertz CT molecular complexity index is 248. The summed E-state index contributed by atoms with van der Waals surface area (Å²) in [5.41, 5.74) is 0.866. The molecule has 0 aliphatic carbocycles. The summed E-state index contributed by atoms with van der Waals surface area (Å²) < 4.78 is 1.86. The molecule has 0 atom stereocenters. The zero-order chi connectivity index (χ0) is 7.40. The molecule has 0 unspecified atom stereocenters. The molecule has 60 valence electrons. The van der Waals surface area contributed by atoms with E-state index in [9.17, 15) is 0 Å². The third-order valence-electron chi connectivity index (χ3n) is 1.29. The summed E-state index contributed by atoms with van der Waals surface area (Å²) >= 11 is 0. The summed E-state index contributed by atoms with van der Waals surface area (Å²) in [6, 6.07) is 5.66. The number of aromatic nitrogens is 1. The maximum Gasteiger partial charge on any atom is 0.226 e. The van der Waals surface area contributed by atoms with Crippen LogP contribution in [-0.2, 0) is 7.05 Å². The fourth-order valence-corrected chi connectivity index (χ4v) is 0.730. The van der Waals surface area contributed by atoms with Gasteiger partial charge in [0, 0.05) is 12.1 Å². The van der Waals surface area contributed by atoms with Gasteiger partial charge in [-0.05, 0) is 6.07 Å². The second kappa shape index (κ2) is 4.40. The second-order valence-corrected chi connectivity index (χ2v) is 1.98. The Morgan fingerprint density at radius 1 is 1.55 bits per heavy atom. The van der Waals surface area contributed by atoms with Crippen LogP contribution in [0.5, 0.6) is 0 Å². The lowest BCUT2D eigenvalue weighted by atomic mass is 10.4. The smallest absolute Gasteiger partial charge is 0.226 e. The first-order valence-corrected chi connectivity index (χ1v) is 2.96. The predicted octanol–water partition coefficient (Wildman–Crippen LogP) is 0.142. The molecule has 11 heavy (non-hydrogen) atoms. The highest BCUT2D eigenvalue weighted by Crippen LogP contribution is 1.84. The molecule has 0 aliphatic heterocycles. The lowest BCUT2D eigenvalue weighted by molar-refractivity contribution is -0.672. The van der Waals surface area contributed by atoms with Gasteiger partial charge in [-0.25, -0.2) is 4.57 Å². The Labute approximate surface area is 64.7 Å². The molecule has 4 nitrogen and oxygen atoms in total. The first-order chi connectivity index (χ1) is 4.84. The molecular formula is C7H10N2O2. The molecule has 4 heteroatoms. The van der Waals surface area contributed by atoms with E-state index in [0.29, 0.717) is 0 Å². The number of oxime groups is 1. The van der Waals surface area contributed by atoms with Crippen LogP contribution in [0.3, 0.4) is 0 Å². The van der Waals surface area contributed by atoms with Gasteiger partial charge in [0.15, 0.2) is 6.20 Å². The zero-order valence-electron chi connectivity index (χ0n) is 6.18. The molecule has 0 bridgehead atoms. The van der Waals surface area contributed by atoms with Gasteiger partial charge in [-0.15, -0.1) is 0 Å². The predicted molar refractivity (Wildman–Crippen MR) is 38.9 cm³/mol. The van der Waals surface area contributed by atoms with Gasteiger partial charge in [0.25, 0.3) is 0 Å². The molecule has 0 amide bonds. The number of rotatable bonds is 1. The van der Waals surface area contributed by atoms with Gasteiger partial charge in [-0.3, -0.25) is 0 Å². The van der Waals surface area contributed by atoms with Crippen molar-refractivity contribution < 1.29 is 15.3 Å². The lowest BCUT2D eigenvalue weighted by Gasteiger charge is -1.88. The van der Waals surface area contributed by atoms with E-state index in [-0.39, 0.29) is 5.48 Å². The van der Waals surface area contributed by atoms with E-state index in [1.807, 2.05) is 36.0 Å². The average Bonchev–Trinajstić information content (AvgIpc) is 1.94. The van der Waals surface area contributed by atoms with Crippen LogP contribution in [0.15, 0.2) is 29.6 Å². The van der Waals surface area contributed by atoms with Crippen molar-refractivity contribution in [3.05, 3.63) is 30.1 Å². The van der Waals surface area contributed by atoms with Crippen LogP contribution in [0.2, 0.25) is 0 Å². The summed E-state index contributed by atoms with van der Waals surface area (Å²) in [5, 5.41) is 11.1. The Balaban J connectivity index is 0.000001000. The van der Waals surface area contributed by atoms with Gasteiger partial charge in [0.2, 0.25) is 5.69 Å². The van der Waals surface area contributed by atoms with E-state index in [2.05, 4.69) is 5.16 Å². The van der Waals surface area contributed by atoms with Crippen LogP contribution < -0.4 is 4.57 Å². The van der Waals surface area contributed by atoms with Gasteiger partial charge in [-0.1, -0.05) is 5.16 Å². The Kier molecular flexibility index (Phi) is 3.84. The van der Waals surface area contributed by atoms with Crippen LogP contribution in [0, 0.1) is 0 Å². The maximum atomic E-state index is 8.20. The van der Waals surface area contributed by atoms with Gasteiger partial charge in [0.05, 0.1) is 0 Å². The number of pyridine rings is 1. The quantitative estimate of drug-likeness (QED) is 0.270. The van der Waals surface area contributed by atoms with Crippen molar-refractivity contribution in [3.8, 4) is 0 Å². The minimum absolute atomic E-state index is 0. The Hall–Kier alpha value is -1.42. The number of aryl methyl sites for hydroxylation is 1. The van der Waals surface area contributed by atoms with E-state index in [1.165, 1.54) is 6.21 Å². The highest BCUT2D eigenvalue weighted by atomic mass is 16.4. The molecule has 1 aromatic heterocycles. The Morgan fingerprint density at radius 3 is 2.82 bits per heavy atom. The molecule has 0 fully saturated rings. The normalized spacial score (nSPS) is 9.55. The van der Waals surface area contributed by atoms with Crippen molar-refractivity contribution in [1.82, 2.24) is 0 Å². The molecule has 0 saturated heterocycles. The molecule has 0 aromatic carbocycles. The molecule has 1 heterocycles. The number of nitrogens with zero attached hydrogens (tertiary/aromatic N) is 2. The third kappa shape index (κ3) is 2.35.